The van der Waals surface area contributed by atoms with Gasteiger partial charge in [0, 0.05) is 24.8 Å². The monoisotopic (exact) mass is 566 g/mol. The molecule has 3 aromatic carbocycles. The number of likely N-dealkylation sites (tertiary alicyclic amines) is 1. The second-order valence-electron chi connectivity index (χ2n) is 11.0. The van der Waals surface area contributed by atoms with Gasteiger partial charge in [0.25, 0.3) is 5.91 Å². The van der Waals surface area contributed by atoms with Crippen molar-refractivity contribution in [2.45, 2.75) is 44.4 Å². The maximum absolute atomic E-state index is 13.7. The third-order valence-corrected chi connectivity index (χ3v) is 8.63. The number of carbonyl (C=O) groups excluding carboxylic acids is 4. The van der Waals surface area contributed by atoms with Crippen LogP contribution in [0.4, 0.5) is 5.69 Å². The Bertz CT molecular complexity index is 1420. The summed E-state index contributed by atoms with van der Waals surface area (Å²) < 4.78 is 10.6. The van der Waals surface area contributed by atoms with Gasteiger partial charge in [0.05, 0.1) is 24.1 Å². The molecule has 2 atom stereocenters. The summed E-state index contributed by atoms with van der Waals surface area (Å²) in [5.41, 5.74) is 5.17. The molecule has 3 aliphatic carbocycles. The molecule has 0 unspecified atom stereocenters. The van der Waals surface area contributed by atoms with Crippen LogP contribution < -0.4 is 10.1 Å². The number of anilines is 1. The van der Waals surface area contributed by atoms with Gasteiger partial charge in [-0.25, -0.2) is 0 Å². The van der Waals surface area contributed by atoms with Crippen LogP contribution in [0.3, 0.4) is 0 Å². The van der Waals surface area contributed by atoms with Crippen molar-refractivity contribution in [1.29, 1.82) is 0 Å². The van der Waals surface area contributed by atoms with E-state index in [-0.39, 0.29) is 48.5 Å². The Hall–Kier alpha value is -4.46. The van der Waals surface area contributed by atoms with Crippen molar-refractivity contribution in [3.05, 3.63) is 95.1 Å². The summed E-state index contributed by atoms with van der Waals surface area (Å²) in [6, 6.07) is 23.5. The van der Waals surface area contributed by atoms with E-state index >= 15 is 0 Å². The lowest BCUT2D eigenvalue weighted by Gasteiger charge is -2.45. The number of benzene rings is 3. The van der Waals surface area contributed by atoms with Crippen molar-refractivity contribution in [2.75, 3.05) is 25.1 Å². The Morgan fingerprint density at radius 2 is 1.31 bits per heavy atom. The summed E-state index contributed by atoms with van der Waals surface area (Å²) in [5.74, 6) is -1.46. The van der Waals surface area contributed by atoms with Gasteiger partial charge >= 0.3 is 5.97 Å². The molecule has 0 saturated carbocycles. The Balaban J connectivity index is 0.987. The highest BCUT2D eigenvalue weighted by molar-refractivity contribution is 6.07. The molecule has 1 aliphatic heterocycles. The maximum atomic E-state index is 13.7. The van der Waals surface area contributed by atoms with Crippen LogP contribution in [0.15, 0.2) is 72.8 Å². The van der Waals surface area contributed by atoms with E-state index in [1.165, 1.54) is 4.90 Å². The second kappa shape index (κ2) is 11.8. The summed E-state index contributed by atoms with van der Waals surface area (Å²) in [7, 11) is 0. The van der Waals surface area contributed by atoms with Crippen molar-refractivity contribution >= 4 is 29.4 Å². The Morgan fingerprint density at radius 1 is 0.762 bits per heavy atom. The number of hydrogen-bond acceptors (Lipinski definition) is 6. The Kier molecular flexibility index (Phi) is 7.78. The smallest absolute Gasteiger partial charge is 0.306 e. The van der Waals surface area contributed by atoms with Crippen molar-refractivity contribution in [3.63, 3.8) is 0 Å². The first-order valence-corrected chi connectivity index (χ1v) is 14.7. The first-order valence-electron chi connectivity index (χ1n) is 14.7. The average molecular weight is 567 g/mol. The Morgan fingerprint density at radius 3 is 1.88 bits per heavy atom. The number of ether oxygens (including phenoxy) is 2. The van der Waals surface area contributed by atoms with Gasteiger partial charge in [0.2, 0.25) is 11.8 Å². The number of hydrogen-bond donors (Lipinski definition) is 1. The Labute approximate surface area is 245 Å². The van der Waals surface area contributed by atoms with Crippen LogP contribution in [0.1, 0.15) is 66.7 Å². The standard InChI is InChI=1S/C34H34N2O6/c1-2-41-26-17-10-9-16-25(26)35-27(37)20-42-28(38)18-4-3-11-19-36-33(39)31-29-21-12-5-6-13-22(21)30(32(31)34(36)40)24-15-8-7-14-23(24)29/h5-10,12-17,29-32H,2-4,11,18-20H2,1H3,(H,35,37)/t29?,30?,31-,32-/m0/s1. The van der Waals surface area contributed by atoms with Crippen LogP contribution in [0.25, 0.3) is 0 Å². The molecule has 216 valence electrons. The molecule has 1 fully saturated rings. The minimum atomic E-state index is -0.463. The quantitative estimate of drug-likeness (QED) is 0.199. The lowest BCUT2D eigenvalue weighted by Crippen LogP contribution is -2.41. The van der Waals surface area contributed by atoms with Crippen LogP contribution in [0.2, 0.25) is 0 Å². The lowest BCUT2D eigenvalue weighted by atomic mass is 9.55. The third-order valence-electron chi connectivity index (χ3n) is 8.63. The molecular weight excluding hydrogens is 532 g/mol. The van der Waals surface area contributed by atoms with Crippen molar-refractivity contribution in [1.82, 2.24) is 4.90 Å². The molecule has 0 aromatic heterocycles. The number of esters is 1. The van der Waals surface area contributed by atoms with Crippen LogP contribution in [-0.4, -0.2) is 48.3 Å². The maximum Gasteiger partial charge on any atom is 0.306 e. The van der Waals surface area contributed by atoms with E-state index in [9.17, 15) is 19.2 Å². The molecule has 3 amide bonds. The molecular formula is C34H34N2O6. The number of unbranched alkanes of at least 4 members (excludes halogenated alkanes) is 2. The molecule has 0 spiro atoms. The predicted molar refractivity (Wildman–Crippen MR) is 156 cm³/mol. The SMILES string of the molecule is CCOc1ccccc1NC(=O)COC(=O)CCCCCN1C(=O)[C@H]2C3c4ccccc4C(c4ccccc43)[C@@H]2C1=O. The number of para-hydroxylation sites is 2. The van der Waals surface area contributed by atoms with E-state index in [2.05, 4.69) is 29.6 Å². The lowest BCUT2D eigenvalue weighted by molar-refractivity contribution is -0.147. The molecule has 0 radical (unpaired) electrons. The number of nitrogens with one attached hydrogen (secondary N) is 1. The highest BCUT2D eigenvalue weighted by atomic mass is 16.5. The topological polar surface area (TPSA) is 102 Å². The van der Waals surface area contributed by atoms with Gasteiger partial charge in [-0.1, -0.05) is 67.1 Å². The van der Waals surface area contributed by atoms with Gasteiger partial charge < -0.3 is 14.8 Å². The first kappa shape index (κ1) is 27.7. The number of rotatable bonds is 11. The van der Waals surface area contributed by atoms with Crippen LogP contribution in [0.5, 0.6) is 5.75 Å². The zero-order valence-electron chi connectivity index (χ0n) is 23.6. The fraction of sp³-hybridized carbons (Fsp3) is 0.353. The third kappa shape index (κ3) is 4.95. The fourth-order valence-electron chi connectivity index (χ4n) is 6.93. The summed E-state index contributed by atoms with van der Waals surface area (Å²) in [6.45, 7) is 2.28. The molecule has 1 N–H and O–H groups in total. The summed E-state index contributed by atoms with van der Waals surface area (Å²) >= 11 is 0. The first-order chi connectivity index (χ1) is 20.5. The molecule has 8 heteroatoms. The van der Waals surface area contributed by atoms with E-state index in [0.29, 0.717) is 43.9 Å². The summed E-state index contributed by atoms with van der Waals surface area (Å²) in [4.78, 5) is 53.2. The van der Waals surface area contributed by atoms with Gasteiger partial charge in [0.15, 0.2) is 6.61 Å². The predicted octanol–water partition coefficient (Wildman–Crippen LogP) is 5.02. The molecule has 8 nitrogen and oxygen atoms in total. The molecule has 1 heterocycles. The van der Waals surface area contributed by atoms with Crippen LogP contribution in [0, 0.1) is 11.8 Å². The van der Waals surface area contributed by atoms with Gasteiger partial charge in [-0.2, -0.15) is 0 Å². The van der Waals surface area contributed by atoms with Crippen molar-refractivity contribution in [2.24, 2.45) is 11.8 Å². The second-order valence-corrected chi connectivity index (χ2v) is 11.0. The summed E-state index contributed by atoms with van der Waals surface area (Å²) in [5, 5.41) is 2.70. The number of carbonyl (C=O) groups is 4. The number of nitrogens with zero attached hydrogens (tertiary/aromatic N) is 1. The molecule has 2 bridgehead atoms. The zero-order valence-corrected chi connectivity index (χ0v) is 23.6. The average Bonchev–Trinajstić information content (AvgIpc) is 3.26. The normalized spacial score (nSPS) is 21.4. The van der Waals surface area contributed by atoms with Gasteiger partial charge in [-0.3, -0.25) is 24.1 Å². The van der Waals surface area contributed by atoms with Gasteiger partial charge in [-0.15, -0.1) is 0 Å². The van der Waals surface area contributed by atoms with E-state index in [1.807, 2.05) is 37.3 Å². The molecule has 4 aliphatic rings. The highest BCUT2D eigenvalue weighted by Gasteiger charge is 2.61. The molecule has 42 heavy (non-hydrogen) atoms. The van der Waals surface area contributed by atoms with Crippen LogP contribution in [-0.2, 0) is 23.9 Å². The molecule has 3 aromatic rings. The van der Waals surface area contributed by atoms with E-state index in [1.54, 1.807) is 18.2 Å². The fourth-order valence-corrected chi connectivity index (χ4v) is 6.93. The van der Waals surface area contributed by atoms with E-state index < -0.39 is 11.9 Å². The van der Waals surface area contributed by atoms with Crippen molar-refractivity contribution < 1.29 is 28.7 Å². The van der Waals surface area contributed by atoms with Gasteiger partial charge in [0.1, 0.15) is 5.75 Å². The van der Waals surface area contributed by atoms with E-state index in [0.717, 1.165) is 22.3 Å². The molecule has 7 rings (SSSR count). The largest absolute Gasteiger partial charge is 0.492 e. The van der Waals surface area contributed by atoms with E-state index in [4.69, 9.17) is 9.47 Å². The minimum absolute atomic E-state index is 0.0830. The summed E-state index contributed by atoms with van der Waals surface area (Å²) in [6.07, 6.45) is 1.96. The van der Waals surface area contributed by atoms with Crippen molar-refractivity contribution in [3.8, 4) is 5.75 Å². The molecule has 1 saturated heterocycles. The minimum Gasteiger partial charge on any atom is -0.492 e. The number of amides is 3. The van der Waals surface area contributed by atoms with Gasteiger partial charge in [-0.05, 0) is 54.2 Å². The zero-order chi connectivity index (χ0) is 29.2. The van der Waals surface area contributed by atoms with Crippen LogP contribution >= 0.6 is 0 Å². The highest BCUT2D eigenvalue weighted by Crippen LogP contribution is 2.60. The number of imide groups is 1.